The Hall–Kier alpha value is -1.79. The molecule has 1 aliphatic heterocycles. The maximum Gasteiger partial charge on any atom is 0.252 e. The highest BCUT2D eigenvalue weighted by Crippen LogP contribution is 2.22. The Labute approximate surface area is 147 Å². The van der Waals surface area contributed by atoms with E-state index in [1.54, 1.807) is 6.07 Å². The summed E-state index contributed by atoms with van der Waals surface area (Å²) in [4.78, 5) is 25.1. The first-order chi connectivity index (χ1) is 11.6. The van der Waals surface area contributed by atoms with E-state index in [1.807, 2.05) is 32.0 Å². The molecule has 0 aliphatic carbocycles. The van der Waals surface area contributed by atoms with Crippen LogP contribution in [0.4, 0.5) is 0 Å². The first-order valence-electron chi connectivity index (χ1n) is 8.24. The van der Waals surface area contributed by atoms with E-state index in [2.05, 4.69) is 22.0 Å². The second-order valence-electron chi connectivity index (χ2n) is 6.01. The minimum absolute atomic E-state index is 0.0231. The summed E-state index contributed by atoms with van der Waals surface area (Å²) in [6.45, 7) is 6.26. The van der Waals surface area contributed by atoms with Crippen molar-refractivity contribution in [2.75, 3.05) is 25.4 Å². The van der Waals surface area contributed by atoms with E-state index < -0.39 is 0 Å². The van der Waals surface area contributed by atoms with Crippen molar-refractivity contribution in [3.8, 4) is 0 Å². The molecule has 3 N–H and O–H groups in total. The van der Waals surface area contributed by atoms with Gasteiger partial charge in [0.1, 0.15) is 0 Å². The fraction of sp³-hybridized carbons (Fsp3) is 0.444. The third kappa shape index (κ3) is 6.02. The molecule has 1 aromatic carbocycles. The van der Waals surface area contributed by atoms with Crippen LogP contribution in [-0.4, -0.2) is 43.2 Å². The van der Waals surface area contributed by atoms with Gasteiger partial charge >= 0.3 is 0 Å². The summed E-state index contributed by atoms with van der Waals surface area (Å²) in [6.07, 6.45) is 3.09. The molecule has 130 valence electrons. The molecule has 1 aromatic rings. The van der Waals surface area contributed by atoms with Gasteiger partial charge in [-0.05, 0) is 38.9 Å². The van der Waals surface area contributed by atoms with E-state index in [-0.39, 0.29) is 17.9 Å². The molecule has 1 heterocycles. The summed E-state index contributed by atoms with van der Waals surface area (Å²) in [5.74, 6) is 0.186. The van der Waals surface area contributed by atoms with Crippen molar-refractivity contribution in [3.63, 3.8) is 0 Å². The lowest BCUT2D eigenvalue weighted by Gasteiger charge is -2.15. The third-order valence-electron chi connectivity index (χ3n) is 3.57. The molecule has 0 saturated carbocycles. The van der Waals surface area contributed by atoms with Crippen LogP contribution in [0.5, 0.6) is 0 Å². The fourth-order valence-electron chi connectivity index (χ4n) is 2.41. The monoisotopic (exact) mass is 347 g/mol. The Bertz CT molecular complexity index is 614. The van der Waals surface area contributed by atoms with Gasteiger partial charge in [-0.2, -0.15) is 0 Å². The van der Waals surface area contributed by atoms with Crippen LogP contribution in [0.2, 0.25) is 0 Å². The van der Waals surface area contributed by atoms with Crippen molar-refractivity contribution < 1.29 is 9.59 Å². The van der Waals surface area contributed by atoms with Gasteiger partial charge in [-0.15, -0.1) is 11.8 Å². The van der Waals surface area contributed by atoms with Crippen LogP contribution in [0, 0.1) is 0 Å². The Morgan fingerprint density at radius 3 is 2.79 bits per heavy atom. The number of carbonyl (C=O) groups excluding carboxylic acids is 2. The summed E-state index contributed by atoms with van der Waals surface area (Å²) in [5.41, 5.74) is 1.87. The van der Waals surface area contributed by atoms with Gasteiger partial charge in [-0.1, -0.05) is 23.8 Å². The van der Waals surface area contributed by atoms with Crippen molar-refractivity contribution in [2.24, 2.45) is 0 Å². The summed E-state index contributed by atoms with van der Waals surface area (Å²) in [6, 6.07) is 7.53. The van der Waals surface area contributed by atoms with Gasteiger partial charge in [0, 0.05) is 24.0 Å². The number of carbonyl (C=O) groups is 2. The summed E-state index contributed by atoms with van der Waals surface area (Å²) in [5, 5.41) is 9.09. The van der Waals surface area contributed by atoms with Crippen LogP contribution < -0.4 is 16.0 Å². The van der Waals surface area contributed by atoms with Crippen LogP contribution in [0.25, 0.3) is 0 Å². The highest BCUT2D eigenvalue weighted by molar-refractivity contribution is 8.00. The van der Waals surface area contributed by atoms with Gasteiger partial charge in [0.05, 0.1) is 11.3 Å². The van der Waals surface area contributed by atoms with Crippen LogP contribution in [0.1, 0.15) is 30.6 Å². The Morgan fingerprint density at radius 1 is 1.29 bits per heavy atom. The summed E-state index contributed by atoms with van der Waals surface area (Å²) < 4.78 is 0. The highest BCUT2D eigenvalue weighted by atomic mass is 32.2. The number of rotatable bonds is 7. The maximum absolute atomic E-state index is 12.5. The molecule has 2 amide bonds. The molecular weight excluding hydrogens is 322 g/mol. The van der Waals surface area contributed by atoms with E-state index in [9.17, 15) is 9.59 Å². The lowest BCUT2D eigenvalue weighted by molar-refractivity contribution is -0.119. The number of hydrogen-bond donors (Lipinski definition) is 3. The first kappa shape index (κ1) is 18.5. The number of hydrogen-bond acceptors (Lipinski definition) is 4. The van der Waals surface area contributed by atoms with Crippen molar-refractivity contribution in [1.82, 2.24) is 16.0 Å². The SMILES string of the molecule is CC(C)NC(=O)CSc1ccccc1C(=O)NCC1=CCNCC1. The predicted octanol–water partition coefficient (Wildman–Crippen LogP) is 1.95. The highest BCUT2D eigenvalue weighted by Gasteiger charge is 2.13. The van der Waals surface area contributed by atoms with Crippen molar-refractivity contribution >= 4 is 23.6 Å². The average molecular weight is 347 g/mol. The second kappa shape index (κ2) is 9.49. The van der Waals surface area contributed by atoms with Gasteiger partial charge < -0.3 is 16.0 Å². The van der Waals surface area contributed by atoms with E-state index in [0.717, 1.165) is 24.4 Å². The molecule has 0 aromatic heterocycles. The molecule has 0 fully saturated rings. The number of benzene rings is 1. The van der Waals surface area contributed by atoms with Crippen LogP contribution in [0.15, 0.2) is 40.8 Å². The lowest BCUT2D eigenvalue weighted by atomic mass is 10.1. The minimum Gasteiger partial charge on any atom is -0.353 e. The van der Waals surface area contributed by atoms with Gasteiger partial charge in [-0.25, -0.2) is 0 Å². The average Bonchev–Trinajstić information content (AvgIpc) is 2.58. The van der Waals surface area contributed by atoms with E-state index in [4.69, 9.17) is 0 Å². The fourth-order valence-corrected chi connectivity index (χ4v) is 3.27. The van der Waals surface area contributed by atoms with Crippen LogP contribution in [-0.2, 0) is 4.79 Å². The van der Waals surface area contributed by atoms with Gasteiger partial charge in [0.2, 0.25) is 5.91 Å². The molecule has 0 atom stereocenters. The number of nitrogens with one attached hydrogen (secondary N) is 3. The number of thioether (sulfide) groups is 1. The maximum atomic E-state index is 12.5. The number of amides is 2. The van der Waals surface area contributed by atoms with E-state index in [0.29, 0.717) is 17.9 Å². The van der Waals surface area contributed by atoms with E-state index in [1.165, 1.54) is 17.3 Å². The smallest absolute Gasteiger partial charge is 0.252 e. The Balaban J connectivity index is 1.93. The summed E-state index contributed by atoms with van der Waals surface area (Å²) >= 11 is 1.39. The summed E-state index contributed by atoms with van der Waals surface area (Å²) in [7, 11) is 0. The zero-order valence-electron chi connectivity index (χ0n) is 14.2. The zero-order chi connectivity index (χ0) is 17.4. The van der Waals surface area contributed by atoms with Crippen molar-refractivity contribution in [2.45, 2.75) is 31.2 Å². The molecular formula is C18H25N3O2S. The molecule has 24 heavy (non-hydrogen) atoms. The third-order valence-corrected chi connectivity index (χ3v) is 4.65. The van der Waals surface area contributed by atoms with Gasteiger partial charge in [0.15, 0.2) is 0 Å². The molecule has 0 saturated heterocycles. The molecule has 0 bridgehead atoms. The van der Waals surface area contributed by atoms with Crippen molar-refractivity contribution in [1.29, 1.82) is 0 Å². The van der Waals surface area contributed by atoms with Crippen LogP contribution >= 0.6 is 11.8 Å². The minimum atomic E-state index is -0.0956. The predicted molar refractivity (Wildman–Crippen MR) is 98.3 cm³/mol. The molecule has 0 radical (unpaired) electrons. The van der Waals surface area contributed by atoms with Gasteiger partial charge in [0.25, 0.3) is 5.91 Å². The zero-order valence-corrected chi connectivity index (χ0v) is 15.0. The topological polar surface area (TPSA) is 70.2 Å². The molecule has 0 spiro atoms. The largest absolute Gasteiger partial charge is 0.353 e. The molecule has 6 heteroatoms. The molecule has 2 rings (SSSR count). The van der Waals surface area contributed by atoms with Crippen molar-refractivity contribution in [3.05, 3.63) is 41.5 Å². The quantitative estimate of drug-likeness (QED) is 0.521. The first-order valence-corrected chi connectivity index (χ1v) is 9.23. The lowest BCUT2D eigenvalue weighted by Crippen LogP contribution is -2.31. The molecule has 5 nitrogen and oxygen atoms in total. The second-order valence-corrected chi connectivity index (χ2v) is 7.02. The Kier molecular flexibility index (Phi) is 7.34. The van der Waals surface area contributed by atoms with Gasteiger partial charge in [-0.3, -0.25) is 9.59 Å². The normalized spacial score (nSPS) is 14.2. The standard InChI is InChI=1S/C18H25N3O2S/c1-13(2)21-17(22)12-24-16-6-4-3-5-15(16)18(23)20-11-14-7-9-19-10-8-14/h3-7,13,19H,8-12H2,1-2H3,(H,20,23)(H,21,22). The molecule has 1 aliphatic rings. The molecule has 0 unspecified atom stereocenters. The Morgan fingerprint density at radius 2 is 2.08 bits per heavy atom. The van der Waals surface area contributed by atoms with E-state index >= 15 is 0 Å². The van der Waals surface area contributed by atoms with Crippen LogP contribution in [0.3, 0.4) is 0 Å².